The molecule has 4 saturated carbocycles. The van der Waals surface area contributed by atoms with Crippen molar-refractivity contribution in [3.8, 4) is 0 Å². The van der Waals surface area contributed by atoms with Gasteiger partial charge in [-0.1, -0.05) is 60.1 Å². The summed E-state index contributed by atoms with van der Waals surface area (Å²) in [7, 11) is 0. The Balaban J connectivity index is 1.79. The first-order valence-electron chi connectivity index (χ1n) is 14.8. The van der Waals surface area contributed by atoms with Gasteiger partial charge in [0, 0.05) is 0 Å². The average Bonchev–Trinajstić information content (AvgIpc) is 3.03. The standard InChI is InChI=1S/C32H56/c1-9-24(10-2)25-16-19-31(12-4)26-15-18-30(11-3)22-20-28(6,7)21-23-32(30,13-5)27(26)14-17-29(25,31)8/h9,25-27H,10-23H2,1-8H3/b24-9+/t25-,26-,27?,29-,30-,31+,32-/m1/s1. The normalized spacial score (nSPS) is 48.5. The first-order chi connectivity index (χ1) is 15.1. The zero-order valence-corrected chi connectivity index (χ0v) is 23.2. The molecule has 0 aromatic heterocycles. The Kier molecular flexibility index (Phi) is 6.56. The van der Waals surface area contributed by atoms with Crippen LogP contribution in [-0.4, -0.2) is 0 Å². The lowest BCUT2D eigenvalue weighted by Crippen LogP contribution is -2.61. The second-order valence-corrected chi connectivity index (χ2v) is 13.8. The van der Waals surface area contributed by atoms with Crippen LogP contribution in [0.1, 0.15) is 145 Å². The van der Waals surface area contributed by atoms with Gasteiger partial charge in [0.15, 0.2) is 0 Å². The van der Waals surface area contributed by atoms with Crippen LogP contribution in [0.5, 0.6) is 0 Å². The molecule has 0 saturated heterocycles. The molecule has 0 spiro atoms. The predicted octanol–water partition coefficient (Wildman–Crippen LogP) is 10.4. The minimum atomic E-state index is 0.534. The van der Waals surface area contributed by atoms with E-state index in [-0.39, 0.29) is 0 Å². The van der Waals surface area contributed by atoms with Gasteiger partial charge in [-0.2, -0.15) is 0 Å². The molecule has 4 aliphatic rings. The van der Waals surface area contributed by atoms with E-state index in [2.05, 4.69) is 61.5 Å². The van der Waals surface area contributed by atoms with E-state index in [0.29, 0.717) is 27.1 Å². The SMILES string of the molecule is C/C=C(\CC)[C@H]1CC[C@@]2(CC)[C@@H]3CC[C@]4(CC)CCC(C)(C)CC[C@]4(CC)C3CC[C@]12C. The molecule has 0 aromatic carbocycles. The number of rotatable bonds is 5. The molecule has 7 atom stereocenters. The second-order valence-electron chi connectivity index (χ2n) is 13.8. The first kappa shape index (κ1) is 24.9. The number of allylic oxidation sites excluding steroid dienone is 2. The summed E-state index contributed by atoms with van der Waals surface area (Å²) in [6.07, 6.45) is 23.0. The lowest BCUT2D eigenvalue weighted by Gasteiger charge is -2.68. The Labute approximate surface area is 201 Å². The van der Waals surface area contributed by atoms with Gasteiger partial charge in [-0.05, 0) is 142 Å². The highest BCUT2D eigenvalue weighted by molar-refractivity contribution is 5.23. The number of hydrogen-bond donors (Lipinski definition) is 0. The average molecular weight is 441 g/mol. The summed E-state index contributed by atoms with van der Waals surface area (Å²) in [5, 5.41) is 0. The van der Waals surface area contributed by atoms with Gasteiger partial charge in [0.1, 0.15) is 0 Å². The fourth-order valence-electron chi connectivity index (χ4n) is 11.3. The maximum atomic E-state index is 2.76. The maximum Gasteiger partial charge on any atom is -0.0144 e. The van der Waals surface area contributed by atoms with E-state index in [1.807, 2.05) is 0 Å². The number of hydrogen-bond acceptors (Lipinski definition) is 0. The summed E-state index contributed by atoms with van der Waals surface area (Å²) < 4.78 is 0. The third-order valence-corrected chi connectivity index (χ3v) is 13.3. The Hall–Kier alpha value is -0.260. The van der Waals surface area contributed by atoms with Gasteiger partial charge in [0.25, 0.3) is 0 Å². The van der Waals surface area contributed by atoms with Crippen molar-refractivity contribution < 1.29 is 0 Å². The van der Waals surface area contributed by atoms with E-state index in [1.54, 1.807) is 5.57 Å². The number of fused-ring (bicyclic) bond motifs is 5. The molecule has 32 heavy (non-hydrogen) atoms. The molecular formula is C32H56. The van der Waals surface area contributed by atoms with Crippen molar-refractivity contribution in [2.24, 2.45) is 44.8 Å². The molecular weight excluding hydrogens is 384 g/mol. The summed E-state index contributed by atoms with van der Waals surface area (Å²) in [6.45, 7) is 20.4. The Morgan fingerprint density at radius 2 is 1.31 bits per heavy atom. The van der Waals surface area contributed by atoms with Crippen molar-refractivity contribution in [3.63, 3.8) is 0 Å². The Bertz CT molecular complexity index is 714. The largest absolute Gasteiger partial charge is 0.0882 e. The van der Waals surface area contributed by atoms with Crippen LogP contribution in [0, 0.1) is 44.8 Å². The molecule has 0 heterocycles. The summed E-state index contributed by atoms with van der Waals surface area (Å²) in [6, 6.07) is 0. The lowest BCUT2D eigenvalue weighted by atomic mass is 9.36. The molecule has 0 amide bonds. The molecule has 0 aliphatic heterocycles. The quantitative estimate of drug-likeness (QED) is 0.373. The molecule has 4 rings (SSSR count). The van der Waals surface area contributed by atoms with Crippen molar-refractivity contribution in [3.05, 3.63) is 11.6 Å². The zero-order valence-electron chi connectivity index (χ0n) is 23.2. The van der Waals surface area contributed by atoms with Gasteiger partial charge in [-0.15, -0.1) is 0 Å². The van der Waals surface area contributed by atoms with Crippen LogP contribution in [0.3, 0.4) is 0 Å². The predicted molar refractivity (Wildman–Crippen MR) is 141 cm³/mol. The fraction of sp³-hybridized carbons (Fsp3) is 0.938. The van der Waals surface area contributed by atoms with E-state index in [1.165, 1.54) is 89.9 Å². The van der Waals surface area contributed by atoms with Crippen molar-refractivity contribution >= 4 is 0 Å². The van der Waals surface area contributed by atoms with Crippen LogP contribution < -0.4 is 0 Å². The Morgan fingerprint density at radius 3 is 1.91 bits per heavy atom. The fourth-order valence-corrected chi connectivity index (χ4v) is 11.3. The third-order valence-electron chi connectivity index (χ3n) is 13.3. The molecule has 0 aromatic rings. The highest BCUT2D eigenvalue weighted by Gasteiger charge is 2.69. The minimum Gasteiger partial charge on any atom is -0.0882 e. The molecule has 184 valence electrons. The maximum absolute atomic E-state index is 2.76. The molecule has 0 heteroatoms. The van der Waals surface area contributed by atoms with Crippen LogP contribution >= 0.6 is 0 Å². The van der Waals surface area contributed by atoms with Crippen LogP contribution in [0.2, 0.25) is 0 Å². The van der Waals surface area contributed by atoms with Crippen LogP contribution in [0.15, 0.2) is 11.6 Å². The zero-order chi connectivity index (χ0) is 23.4. The molecule has 0 radical (unpaired) electrons. The van der Waals surface area contributed by atoms with Crippen molar-refractivity contribution in [2.75, 3.05) is 0 Å². The van der Waals surface area contributed by atoms with E-state index >= 15 is 0 Å². The summed E-state index contributed by atoms with van der Waals surface area (Å²) in [4.78, 5) is 0. The van der Waals surface area contributed by atoms with Crippen molar-refractivity contribution in [1.29, 1.82) is 0 Å². The monoisotopic (exact) mass is 440 g/mol. The van der Waals surface area contributed by atoms with Crippen LogP contribution in [0.25, 0.3) is 0 Å². The highest BCUT2D eigenvalue weighted by atomic mass is 14.7. The second kappa shape index (κ2) is 8.45. The summed E-state index contributed by atoms with van der Waals surface area (Å²) >= 11 is 0. The summed E-state index contributed by atoms with van der Waals surface area (Å²) in [5.41, 5.74) is 4.67. The molecule has 0 nitrogen and oxygen atoms in total. The van der Waals surface area contributed by atoms with Gasteiger partial charge >= 0.3 is 0 Å². The van der Waals surface area contributed by atoms with Gasteiger partial charge in [0.05, 0.1) is 0 Å². The summed E-state index contributed by atoms with van der Waals surface area (Å²) in [5.74, 6) is 2.81. The van der Waals surface area contributed by atoms with E-state index in [0.717, 1.165) is 17.8 Å². The third kappa shape index (κ3) is 3.12. The van der Waals surface area contributed by atoms with Gasteiger partial charge < -0.3 is 0 Å². The van der Waals surface area contributed by atoms with Crippen molar-refractivity contribution in [1.82, 2.24) is 0 Å². The van der Waals surface area contributed by atoms with Crippen LogP contribution in [-0.2, 0) is 0 Å². The molecule has 0 N–H and O–H groups in total. The molecule has 1 unspecified atom stereocenters. The highest BCUT2D eigenvalue weighted by Crippen LogP contribution is 2.77. The smallest absolute Gasteiger partial charge is 0.0144 e. The Morgan fingerprint density at radius 1 is 0.688 bits per heavy atom. The molecule has 4 fully saturated rings. The first-order valence-corrected chi connectivity index (χ1v) is 14.8. The molecule has 4 aliphatic carbocycles. The van der Waals surface area contributed by atoms with Gasteiger partial charge in [0.2, 0.25) is 0 Å². The van der Waals surface area contributed by atoms with Gasteiger partial charge in [-0.3, -0.25) is 0 Å². The van der Waals surface area contributed by atoms with Crippen LogP contribution in [0.4, 0.5) is 0 Å². The van der Waals surface area contributed by atoms with E-state index < -0.39 is 0 Å². The minimum absolute atomic E-state index is 0.534. The molecule has 0 bridgehead atoms. The van der Waals surface area contributed by atoms with Crippen molar-refractivity contribution in [2.45, 2.75) is 145 Å². The van der Waals surface area contributed by atoms with E-state index in [4.69, 9.17) is 0 Å². The topological polar surface area (TPSA) is 0 Å². The van der Waals surface area contributed by atoms with Gasteiger partial charge in [-0.25, -0.2) is 0 Å². The van der Waals surface area contributed by atoms with E-state index in [9.17, 15) is 0 Å². The lowest BCUT2D eigenvalue weighted by molar-refractivity contribution is -0.192.